The van der Waals surface area contributed by atoms with E-state index in [4.69, 9.17) is 24.2 Å². The number of likely N-dealkylation sites (N-methyl/N-ethyl adjacent to an activating group) is 1. The van der Waals surface area contributed by atoms with Gasteiger partial charge in [0.05, 0.1) is 36.6 Å². The van der Waals surface area contributed by atoms with Crippen LogP contribution < -0.4 is 25.4 Å². The Labute approximate surface area is 374 Å². The summed E-state index contributed by atoms with van der Waals surface area (Å²) in [5.74, 6) is 1.87. The van der Waals surface area contributed by atoms with Gasteiger partial charge in [0.2, 0.25) is 0 Å². The summed E-state index contributed by atoms with van der Waals surface area (Å²) in [5, 5.41) is 9.63. The van der Waals surface area contributed by atoms with E-state index in [-0.39, 0.29) is 29.9 Å². The number of imidazole rings is 1. The number of nitrogens with zero attached hydrogens (tertiary/aromatic N) is 8. The number of alkyl halides is 3. The highest BCUT2D eigenvalue weighted by Gasteiger charge is 2.35. The number of urea groups is 1. The van der Waals surface area contributed by atoms with Crippen LogP contribution in [0.3, 0.4) is 0 Å². The molecule has 0 bridgehead atoms. The van der Waals surface area contributed by atoms with Gasteiger partial charge in [0, 0.05) is 99.9 Å². The van der Waals surface area contributed by atoms with Crippen LogP contribution in [0.15, 0.2) is 73.4 Å². The van der Waals surface area contributed by atoms with E-state index in [0.717, 1.165) is 35.7 Å². The highest BCUT2D eigenvalue weighted by atomic mass is 19.4. The Balaban J connectivity index is 1.09. The molecule has 6 aromatic rings. The number of piperidine rings is 1. The van der Waals surface area contributed by atoms with Gasteiger partial charge in [-0.15, -0.1) is 0 Å². The maximum absolute atomic E-state index is 14.3. The summed E-state index contributed by atoms with van der Waals surface area (Å²) in [7, 11) is 5.19. The number of benzene rings is 2. The van der Waals surface area contributed by atoms with Crippen molar-refractivity contribution >= 4 is 46.0 Å². The lowest BCUT2D eigenvalue weighted by Crippen LogP contribution is -2.44. The van der Waals surface area contributed by atoms with Gasteiger partial charge in [-0.05, 0) is 82.6 Å². The Morgan fingerprint density at radius 3 is 2.31 bits per heavy atom. The van der Waals surface area contributed by atoms with Gasteiger partial charge in [-0.2, -0.15) is 13.2 Å². The molecule has 0 spiro atoms. The smallest absolute Gasteiger partial charge is 0.416 e. The lowest BCUT2D eigenvalue weighted by molar-refractivity contribution is -0.138. The van der Waals surface area contributed by atoms with E-state index in [0.29, 0.717) is 85.6 Å². The second-order valence-electron chi connectivity index (χ2n) is 17.4. The van der Waals surface area contributed by atoms with Gasteiger partial charge in [0.15, 0.2) is 5.65 Å². The maximum atomic E-state index is 14.3. The first-order chi connectivity index (χ1) is 31.1. The number of amides is 3. The third-order valence-corrected chi connectivity index (χ3v) is 11.8. The average Bonchev–Trinajstić information content (AvgIpc) is 3.93. The van der Waals surface area contributed by atoms with E-state index in [1.807, 2.05) is 67.6 Å². The van der Waals surface area contributed by atoms with Crippen molar-refractivity contribution in [3.63, 3.8) is 0 Å². The van der Waals surface area contributed by atoms with Gasteiger partial charge >= 0.3 is 18.3 Å². The molecule has 16 nitrogen and oxygen atoms in total. The van der Waals surface area contributed by atoms with E-state index < -0.39 is 23.4 Å². The molecule has 2 aliphatic heterocycles. The molecule has 344 valence electrons. The van der Waals surface area contributed by atoms with Gasteiger partial charge in [0.25, 0.3) is 0 Å². The summed E-state index contributed by atoms with van der Waals surface area (Å²) in [5.41, 5.74) is 2.53. The number of hydrogen-bond donors (Lipinski definition) is 3. The van der Waals surface area contributed by atoms with E-state index in [9.17, 15) is 22.8 Å². The Morgan fingerprint density at radius 2 is 1.60 bits per heavy atom. The summed E-state index contributed by atoms with van der Waals surface area (Å²) < 4.78 is 63.7. The number of pyridine rings is 1. The van der Waals surface area contributed by atoms with Gasteiger partial charge in [-0.3, -0.25) is 9.30 Å². The molecule has 2 fully saturated rings. The van der Waals surface area contributed by atoms with Crippen LogP contribution in [0.5, 0.6) is 11.5 Å². The molecular formula is C46H54F3N11O5. The zero-order chi connectivity index (χ0) is 46.0. The Hall–Kier alpha value is -6.60. The lowest BCUT2D eigenvalue weighted by Gasteiger charge is -2.34. The van der Waals surface area contributed by atoms with Gasteiger partial charge < -0.3 is 44.5 Å². The molecule has 19 heteroatoms. The fourth-order valence-corrected chi connectivity index (χ4v) is 8.44. The van der Waals surface area contributed by atoms with Crippen molar-refractivity contribution in [3.05, 3.63) is 90.1 Å². The number of rotatable bonds is 11. The lowest BCUT2D eigenvalue weighted by atomic mass is 10.0. The highest BCUT2D eigenvalue weighted by Crippen LogP contribution is 2.40. The van der Waals surface area contributed by atoms with Crippen molar-refractivity contribution in [2.24, 2.45) is 0 Å². The summed E-state index contributed by atoms with van der Waals surface area (Å²) in [6, 6.07) is 12.3. The minimum absolute atomic E-state index is 0.00459. The summed E-state index contributed by atoms with van der Waals surface area (Å²) in [6.07, 6.45) is 3.27. The molecule has 2 aromatic carbocycles. The third kappa shape index (κ3) is 10.0. The second-order valence-corrected chi connectivity index (χ2v) is 17.4. The molecule has 0 saturated carbocycles. The van der Waals surface area contributed by atoms with Crippen molar-refractivity contribution in [1.82, 2.24) is 38.6 Å². The van der Waals surface area contributed by atoms with Crippen LogP contribution in [0, 0.1) is 0 Å². The zero-order valence-electron chi connectivity index (χ0n) is 37.3. The minimum atomic E-state index is -4.61. The second kappa shape index (κ2) is 18.5. The maximum Gasteiger partial charge on any atom is 0.416 e. The molecule has 3 N–H and O–H groups in total. The molecule has 65 heavy (non-hydrogen) atoms. The number of carbonyl (C=O) groups is 2. The zero-order valence-corrected chi connectivity index (χ0v) is 37.3. The predicted octanol–water partition coefficient (Wildman–Crippen LogP) is 8.36. The molecule has 0 aliphatic carbocycles. The van der Waals surface area contributed by atoms with Crippen LogP contribution in [0.25, 0.3) is 27.9 Å². The van der Waals surface area contributed by atoms with Crippen molar-refractivity contribution in [3.8, 4) is 22.8 Å². The number of aromatic nitrogens is 5. The van der Waals surface area contributed by atoms with Crippen molar-refractivity contribution < 1.29 is 37.0 Å². The number of likely N-dealkylation sites (tertiary alicyclic amines) is 1. The summed E-state index contributed by atoms with van der Waals surface area (Å²) in [4.78, 5) is 46.4. The number of anilines is 3. The first-order valence-corrected chi connectivity index (χ1v) is 21.5. The number of carbonyl (C=O) groups excluding carboxylic acids is 2. The summed E-state index contributed by atoms with van der Waals surface area (Å²) >= 11 is 0. The Kier molecular flexibility index (Phi) is 12.8. The van der Waals surface area contributed by atoms with Crippen LogP contribution in [-0.4, -0.2) is 117 Å². The van der Waals surface area contributed by atoms with Crippen LogP contribution in [0.2, 0.25) is 0 Å². The minimum Gasteiger partial charge on any atom is -0.497 e. The first-order valence-electron chi connectivity index (χ1n) is 21.5. The predicted molar refractivity (Wildman–Crippen MR) is 242 cm³/mol. The largest absolute Gasteiger partial charge is 0.497 e. The quantitative estimate of drug-likeness (QED) is 0.115. The van der Waals surface area contributed by atoms with Crippen molar-refractivity contribution in [2.75, 3.05) is 76.5 Å². The number of methoxy groups -OCH3 is 2. The number of ether oxygens (including phenoxy) is 3. The van der Waals surface area contributed by atoms with Gasteiger partial charge in [-0.25, -0.2) is 24.5 Å². The van der Waals surface area contributed by atoms with Crippen LogP contribution >= 0.6 is 0 Å². The van der Waals surface area contributed by atoms with Crippen molar-refractivity contribution in [2.45, 2.75) is 64.5 Å². The monoisotopic (exact) mass is 897 g/mol. The van der Waals surface area contributed by atoms with Crippen molar-refractivity contribution in [1.29, 1.82) is 0 Å². The van der Waals surface area contributed by atoms with E-state index in [1.165, 1.54) is 18.5 Å². The van der Waals surface area contributed by atoms with Crippen LogP contribution in [0.1, 0.15) is 56.3 Å². The number of nitrogens with one attached hydrogen (secondary N) is 3. The number of fused-ring (bicyclic) bond motifs is 2. The SMILES string of the molecule is COc1ccc(CNc2ncnc3c2c(-c2ccc(NC(=O)Nc4ccc(CN5CCN(C)CC5)c(C(F)(F)F)c4)c4nccn24)cn3C2CCN(C(=O)OC(C)(C)C)CC2)c(OC)c1. The van der Waals surface area contributed by atoms with E-state index in [1.54, 1.807) is 37.6 Å². The highest BCUT2D eigenvalue weighted by molar-refractivity contribution is 6.04. The molecule has 8 rings (SSSR count). The Bertz CT molecular complexity index is 2680. The summed E-state index contributed by atoms with van der Waals surface area (Å²) in [6.45, 7) is 9.95. The molecule has 0 radical (unpaired) electrons. The van der Waals surface area contributed by atoms with Crippen LogP contribution in [-0.2, 0) is 24.0 Å². The standard InChI is InChI=1S/C46H54F3N11O5/c1-45(2,3)65-44(62)58-16-13-32(14-17-58)60-27-34(39-40(52-28-53-42(39)60)51-25-29-8-10-33(63-5)24-38(29)64-6)37-12-11-36(41-50-15-18-59(37)41)55-43(61)54-31-9-7-30(35(23-31)46(47,48)49)26-57-21-19-56(4)20-22-57/h7-12,15,18,23-24,27-28,32H,13-14,16-17,19-22,25-26H2,1-6H3,(H,51,52,53)(H2,54,55,61). The molecule has 6 heterocycles. The Morgan fingerprint density at radius 1 is 0.846 bits per heavy atom. The first kappa shape index (κ1) is 45.0. The number of piperazine rings is 1. The van der Waals surface area contributed by atoms with E-state index >= 15 is 0 Å². The van der Waals surface area contributed by atoms with Gasteiger partial charge in [-0.1, -0.05) is 6.07 Å². The molecule has 2 saturated heterocycles. The fourth-order valence-electron chi connectivity index (χ4n) is 8.44. The third-order valence-electron chi connectivity index (χ3n) is 11.8. The van der Waals surface area contributed by atoms with E-state index in [2.05, 4.69) is 30.4 Å². The number of halogens is 3. The molecule has 2 aliphatic rings. The normalized spacial score (nSPS) is 15.6. The van der Waals surface area contributed by atoms with Crippen LogP contribution in [0.4, 0.5) is 40.0 Å². The molecule has 0 atom stereocenters. The molecule has 0 unspecified atom stereocenters. The molecule has 4 aromatic heterocycles. The fraction of sp³-hybridized carbons (Fsp3) is 0.413. The number of hydrogen-bond acceptors (Lipinski definition) is 11. The van der Waals surface area contributed by atoms with Gasteiger partial charge in [0.1, 0.15) is 34.9 Å². The topological polar surface area (TPSA) is 156 Å². The average molecular weight is 898 g/mol. The molecular weight excluding hydrogens is 844 g/mol. The molecule has 3 amide bonds.